The molecule has 0 saturated carbocycles. The Balaban J connectivity index is 2.07. The van der Waals surface area contributed by atoms with Crippen LogP contribution in [0.25, 0.3) is 0 Å². The second kappa shape index (κ2) is 6.51. The molecular weight excluding hydrogens is 309 g/mol. The zero-order valence-corrected chi connectivity index (χ0v) is 12.7. The van der Waals surface area contributed by atoms with E-state index in [1.165, 1.54) is 12.1 Å². The molecule has 0 N–H and O–H groups in total. The summed E-state index contributed by atoms with van der Waals surface area (Å²) in [7, 11) is 0. The van der Waals surface area contributed by atoms with Crippen molar-refractivity contribution in [2.24, 2.45) is 5.92 Å². The van der Waals surface area contributed by atoms with Gasteiger partial charge in [-0.25, -0.2) is 4.39 Å². The topological polar surface area (TPSA) is 20.3 Å². The van der Waals surface area contributed by atoms with E-state index in [1.54, 1.807) is 6.07 Å². The molecule has 0 aliphatic carbocycles. The molecule has 19 heavy (non-hydrogen) atoms. The van der Waals surface area contributed by atoms with Gasteiger partial charge in [0, 0.05) is 24.0 Å². The lowest BCUT2D eigenvalue weighted by atomic mass is 9.98. The van der Waals surface area contributed by atoms with Gasteiger partial charge in [0.1, 0.15) is 5.82 Å². The summed E-state index contributed by atoms with van der Waals surface area (Å²) in [6.45, 7) is 3.55. The largest absolute Gasteiger partial charge is 0.338 e. The molecule has 104 valence electrons. The number of carbonyl (C=O) groups is 1. The van der Waals surface area contributed by atoms with Gasteiger partial charge < -0.3 is 4.90 Å². The molecular formula is C15H19BrFNO. The lowest BCUT2D eigenvalue weighted by Gasteiger charge is -2.21. The van der Waals surface area contributed by atoms with Crippen molar-refractivity contribution >= 4 is 21.8 Å². The molecule has 1 heterocycles. The molecule has 1 amide bonds. The molecule has 0 spiro atoms. The summed E-state index contributed by atoms with van der Waals surface area (Å²) in [4.78, 5) is 14.0. The van der Waals surface area contributed by atoms with Crippen molar-refractivity contribution in [3.63, 3.8) is 0 Å². The van der Waals surface area contributed by atoms with Crippen LogP contribution >= 0.6 is 15.9 Å². The molecule has 1 unspecified atom stereocenters. The Morgan fingerprint density at radius 3 is 2.89 bits per heavy atom. The summed E-state index contributed by atoms with van der Waals surface area (Å²) < 4.78 is 13.8. The van der Waals surface area contributed by atoms with Crippen LogP contribution in [0.5, 0.6) is 0 Å². The van der Waals surface area contributed by atoms with E-state index in [-0.39, 0.29) is 11.7 Å². The minimum absolute atomic E-state index is 0.215. The fourth-order valence-electron chi connectivity index (χ4n) is 2.52. The Labute approximate surface area is 122 Å². The van der Waals surface area contributed by atoms with Gasteiger partial charge in [-0.1, -0.05) is 35.3 Å². The van der Waals surface area contributed by atoms with Gasteiger partial charge in [0.15, 0.2) is 0 Å². The Hall–Kier alpha value is -0.900. The highest BCUT2D eigenvalue weighted by molar-refractivity contribution is 9.10. The molecule has 2 rings (SSSR count). The molecule has 1 atom stereocenters. The number of halogens is 2. The van der Waals surface area contributed by atoms with Gasteiger partial charge in [0.25, 0.3) is 0 Å². The Morgan fingerprint density at radius 2 is 2.21 bits per heavy atom. The molecule has 2 nitrogen and oxygen atoms in total. The predicted molar refractivity (Wildman–Crippen MR) is 77.1 cm³/mol. The first kappa shape index (κ1) is 14.5. The van der Waals surface area contributed by atoms with Crippen LogP contribution < -0.4 is 0 Å². The molecule has 4 heteroatoms. The minimum atomic E-state index is -0.260. The van der Waals surface area contributed by atoms with Crippen LogP contribution in [0.4, 0.5) is 4.39 Å². The van der Waals surface area contributed by atoms with Gasteiger partial charge in [-0.15, -0.1) is 0 Å². The van der Waals surface area contributed by atoms with Crippen molar-refractivity contribution in [1.82, 2.24) is 4.90 Å². The maximum absolute atomic E-state index is 13.1. The van der Waals surface area contributed by atoms with Crippen molar-refractivity contribution < 1.29 is 9.18 Å². The van der Waals surface area contributed by atoms with E-state index in [1.807, 2.05) is 4.90 Å². The lowest BCUT2D eigenvalue weighted by Crippen LogP contribution is -2.29. The molecule has 1 aliphatic rings. The molecule has 0 radical (unpaired) electrons. The third-order valence-electron chi connectivity index (χ3n) is 3.88. The minimum Gasteiger partial charge on any atom is -0.338 e. The second-order valence-corrected chi connectivity index (χ2v) is 6.01. The molecule has 1 aliphatic heterocycles. The van der Waals surface area contributed by atoms with Crippen molar-refractivity contribution in [3.05, 3.63) is 34.1 Å². The van der Waals surface area contributed by atoms with Crippen molar-refractivity contribution in [1.29, 1.82) is 0 Å². The maximum atomic E-state index is 13.1. The maximum Gasteiger partial charge on any atom is 0.222 e. The van der Waals surface area contributed by atoms with E-state index in [9.17, 15) is 9.18 Å². The van der Waals surface area contributed by atoms with Crippen LogP contribution in [-0.2, 0) is 11.3 Å². The third-order valence-corrected chi connectivity index (χ3v) is 4.62. The normalized spacial score (nSPS) is 20.5. The lowest BCUT2D eigenvalue weighted by molar-refractivity contribution is -0.131. The highest BCUT2D eigenvalue weighted by Crippen LogP contribution is 2.24. The number of nitrogens with zero attached hydrogens (tertiary/aromatic N) is 1. The molecule has 0 bridgehead atoms. The van der Waals surface area contributed by atoms with E-state index in [2.05, 4.69) is 22.9 Å². The van der Waals surface area contributed by atoms with E-state index in [0.717, 1.165) is 35.8 Å². The van der Waals surface area contributed by atoms with Crippen LogP contribution in [0.2, 0.25) is 0 Å². The fourth-order valence-corrected chi connectivity index (χ4v) is 3.00. The van der Waals surface area contributed by atoms with E-state index in [4.69, 9.17) is 0 Å². The Kier molecular flexibility index (Phi) is 4.97. The number of rotatable bonds is 3. The first-order valence-electron chi connectivity index (χ1n) is 6.82. The first-order chi connectivity index (χ1) is 9.10. The highest BCUT2D eigenvalue weighted by Gasteiger charge is 2.22. The molecule has 1 aromatic carbocycles. The Morgan fingerprint density at radius 1 is 1.42 bits per heavy atom. The number of likely N-dealkylation sites (tertiary alicyclic amines) is 1. The van der Waals surface area contributed by atoms with Gasteiger partial charge in [-0.3, -0.25) is 4.79 Å². The summed E-state index contributed by atoms with van der Waals surface area (Å²) in [5.74, 6) is 0.613. The predicted octanol–water partition coefficient (Wildman–Crippen LogP) is 4.13. The summed E-state index contributed by atoms with van der Waals surface area (Å²) >= 11 is 3.36. The molecule has 0 aromatic heterocycles. The number of carbonyl (C=O) groups excluding carboxylic acids is 1. The number of hydrogen-bond acceptors (Lipinski definition) is 1. The van der Waals surface area contributed by atoms with Crippen LogP contribution in [0.1, 0.15) is 38.2 Å². The van der Waals surface area contributed by atoms with Crippen LogP contribution in [0.3, 0.4) is 0 Å². The summed E-state index contributed by atoms with van der Waals surface area (Å²) in [6.07, 6.45) is 3.84. The van der Waals surface area contributed by atoms with E-state index < -0.39 is 0 Å². The zero-order chi connectivity index (χ0) is 13.8. The fraction of sp³-hybridized carbons (Fsp3) is 0.533. The number of hydrogen-bond donors (Lipinski definition) is 0. The van der Waals surface area contributed by atoms with Crippen molar-refractivity contribution in [2.45, 2.75) is 39.2 Å². The third kappa shape index (κ3) is 3.78. The molecule has 1 aromatic rings. The quantitative estimate of drug-likeness (QED) is 0.817. The first-order valence-corrected chi connectivity index (χ1v) is 7.61. The van der Waals surface area contributed by atoms with E-state index in [0.29, 0.717) is 18.9 Å². The van der Waals surface area contributed by atoms with Gasteiger partial charge >= 0.3 is 0 Å². The summed E-state index contributed by atoms with van der Waals surface area (Å²) in [5, 5.41) is 0. The van der Waals surface area contributed by atoms with E-state index >= 15 is 0 Å². The molecule has 1 fully saturated rings. The van der Waals surface area contributed by atoms with Gasteiger partial charge in [-0.2, -0.15) is 0 Å². The zero-order valence-electron chi connectivity index (χ0n) is 11.2. The highest BCUT2D eigenvalue weighted by atomic mass is 79.9. The molecule has 1 saturated heterocycles. The van der Waals surface area contributed by atoms with Crippen molar-refractivity contribution in [3.8, 4) is 0 Å². The van der Waals surface area contributed by atoms with Crippen molar-refractivity contribution in [2.75, 3.05) is 6.54 Å². The standard InChI is InChI=1S/C15H19BrFNO/c1-2-11-3-6-15(19)18(8-7-11)10-12-4-5-13(17)9-14(12)16/h4-5,9,11H,2-3,6-8,10H2,1H3. The van der Waals surface area contributed by atoms with Crippen LogP contribution in [0.15, 0.2) is 22.7 Å². The monoisotopic (exact) mass is 327 g/mol. The number of amides is 1. The SMILES string of the molecule is CCC1CCC(=O)N(Cc2ccc(F)cc2Br)CC1. The summed E-state index contributed by atoms with van der Waals surface area (Å²) in [5.41, 5.74) is 0.963. The van der Waals surface area contributed by atoms with Gasteiger partial charge in [0.05, 0.1) is 0 Å². The van der Waals surface area contributed by atoms with Gasteiger partial charge in [0.2, 0.25) is 5.91 Å². The number of benzene rings is 1. The average Bonchev–Trinajstić information content (AvgIpc) is 2.56. The van der Waals surface area contributed by atoms with Crippen LogP contribution in [-0.4, -0.2) is 17.4 Å². The second-order valence-electron chi connectivity index (χ2n) is 5.15. The van der Waals surface area contributed by atoms with Crippen LogP contribution in [0, 0.1) is 11.7 Å². The average molecular weight is 328 g/mol. The van der Waals surface area contributed by atoms with Gasteiger partial charge in [-0.05, 0) is 36.5 Å². The summed E-state index contributed by atoms with van der Waals surface area (Å²) in [6, 6.07) is 4.64. The smallest absolute Gasteiger partial charge is 0.222 e. The Bertz CT molecular complexity index is 463.